The van der Waals surface area contributed by atoms with E-state index in [1.807, 2.05) is 0 Å². The smallest absolute Gasteiger partial charge is 0.254 e. The number of rotatable bonds is 6. The number of carbonyl (C=O) groups excluding carboxylic acids is 1. The van der Waals surface area contributed by atoms with Gasteiger partial charge in [0.15, 0.2) is 0 Å². The minimum absolute atomic E-state index is 0.176. The first-order chi connectivity index (χ1) is 8.60. The van der Waals surface area contributed by atoms with Gasteiger partial charge in [0, 0.05) is 31.1 Å². The average Bonchev–Trinajstić information content (AvgIpc) is 2.37. The van der Waals surface area contributed by atoms with Gasteiger partial charge in [-0.05, 0) is 24.6 Å². The molecule has 0 aliphatic carbocycles. The Bertz CT molecular complexity index is 412. The van der Waals surface area contributed by atoms with Crippen LogP contribution in [0.4, 0.5) is 4.39 Å². The first kappa shape index (κ1) is 15.1. The highest BCUT2D eigenvalue weighted by Crippen LogP contribution is 2.11. The molecule has 1 aromatic rings. The number of methoxy groups -OCH3 is 1. The SMILES string of the molecule is COCCN(CCBr)C(=O)c1ccc(C)c(F)c1. The van der Waals surface area contributed by atoms with Crippen LogP contribution >= 0.6 is 15.9 Å². The Morgan fingerprint density at radius 3 is 2.72 bits per heavy atom. The fourth-order valence-electron chi connectivity index (χ4n) is 1.53. The van der Waals surface area contributed by atoms with E-state index in [0.717, 1.165) is 0 Å². The zero-order valence-corrected chi connectivity index (χ0v) is 12.2. The van der Waals surface area contributed by atoms with Gasteiger partial charge in [0.1, 0.15) is 5.82 Å². The Balaban J connectivity index is 2.83. The van der Waals surface area contributed by atoms with Gasteiger partial charge in [-0.3, -0.25) is 4.79 Å². The van der Waals surface area contributed by atoms with Crippen molar-refractivity contribution in [3.63, 3.8) is 0 Å². The molecule has 0 heterocycles. The van der Waals surface area contributed by atoms with Crippen LogP contribution in [0, 0.1) is 12.7 Å². The number of hydrogen-bond acceptors (Lipinski definition) is 2. The molecule has 0 saturated carbocycles. The lowest BCUT2D eigenvalue weighted by atomic mass is 10.1. The quantitative estimate of drug-likeness (QED) is 0.755. The van der Waals surface area contributed by atoms with E-state index in [9.17, 15) is 9.18 Å². The van der Waals surface area contributed by atoms with Crippen LogP contribution in [0.25, 0.3) is 0 Å². The number of nitrogens with zero attached hydrogens (tertiary/aromatic N) is 1. The lowest BCUT2D eigenvalue weighted by molar-refractivity contribution is 0.0708. The molecular weight excluding hydrogens is 301 g/mol. The van der Waals surface area contributed by atoms with Crippen LogP contribution in [0.1, 0.15) is 15.9 Å². The summed E-state index contributed by atoms with van der Waals surface area (Å²) in [7, 11) is 1.59. The molecule has 0 N–H and O–H groups in total. The van der Waals surface area contributed by atoms with E-state index in [4.69, 9.17) is 4.74 Å². The van der Waals surface area contributed by atoms with Crippen molar-refractivity contribution in [2.75, 3.05) is 32.1 Å². The van der Waals surface area contributed by atoms with Crippen LogP contribution in [0.2, 0.25) is 0 Å². The molecule has 3 nitrogen and oxygen atoms in total. The molecule has 5 heteroatoms. The van der Waals surface area contributed by atoms with E-state index < -0.39 is 0 Å². The summed E-state index contributed by atoms with van der Waals surface area (Å²) in [6.07, 6.45) is 0. The van der Waals surface area contributed by atoms with Gasteiger partial charge in [0.2, 0.25) is 0 Å². The van der Waals surface area contributed by atoms with Crippen molar-refractivity contribution in [2.24, 2.45) is 0 Å². The third-order valence-corrected chi connectivity index (χ3v) is 2.98. The van der Waals surface area contributed by atoms with Gasteiger partial charge >= 0.3 is 0 Å². The first-order valence-corrected chi connectivity index (χ1v) is 6.82. The van der Waals surface area contributed by atoms with Crippen molar-refractivity contribution >= 4 is 21.8 Å². The summed E-state index contributed by atoms with van der Waals surface area (Å²) < 4.78 is 18.4. The zero-order chi connectivity index (χ0) is 13.5. The van der Waals surface area contributed by atoms with Crippen molar-refractivity contribution in [1.82, 2.24) is 4.90 Å². The minimum atomic E-state index is -0.355. The van der Waals surface area contributed by atoms with Crippen molar-refractivity contribution in [3.8, 4) is 0 Å². The second-order valence-corrected chi connectivity index (χ2v) is 4.73. The fourth-order valence-corrected chi connectivity index (χ4v) is 1.95. The second kappa shape index (κ2) is 7.48. The van der Waals surface area contributed by atoms with Crippen LogP contribution in [-0.2, 0) is 4.74 Å². The van der Waals surface area contributed by atoms with Crippen LogP contribution in [0.15, 0.2) is 18.2 Å². The third kappa shape index (κ3) is 4.07. The number of alkyl halides is 1. The van der Waals surface area contributed by atoms with Gasteiger partial charge in [-0.15, -0.1) is 0 Å². The first-order valence-electron chi connectivity index (χ1n) is 5.70. The monoisotopic (exact) mass is 317 g/mol. The van der Waals surface area contributed by atoms with Gasteiger partial charge in [0.05, 0.1) is 6.61 Å². The molecule has 1 aromatic carbocycles. The Kier molecular flexibility index (Phi) is 6.29. The number of carbonyl (C=O) groups is 1. The Hall–Kier alpha value is -0.940. The van der Waals surface area contributed by atoms with Gasteiger partial charge in [0.25, 0.3) is 5.91 Å². The Morgan fingerprint density at radius 1 is 1.44 bits per heavy atom. The maximum atomic E-state index is 13.4. The van der Waals surface area contributed by atoms with E-state index in [2.05, 4.69) is 15.9 Å². The molecule has 0 aliphatic heterocycles. The lowest BCUT2D eigenvalue weighted by Crippen LogP contribution is -2.35. The standard InChI is InChI=1S/C13H17BrFNO2/c1-10-3-4-11(9-12(10)15)13(17)16(6-5-14)7-8-18-2/h3-4,9H,5-8H2,1-2H3. The summed E-state index contributed by atoms with van der Waals surface area (Å²) in [5, 5.41) is 0.677. The molecule has 18 heavy (non-hydrogen) atoms. The summed E-state index contributed by atoms with van der Waals surface area (Å²) >= 11 is 3.30. The Labute approximate surface area is 115 Å². The molecule has 1 amide bonds. The molecule has 0 unspecified atom stereocenters. The van der Waals surface area contributed by atoms with E-state index >= 15 is 0 Å². The van der Waals surface area contributed by atoms with E-state index in [1.54, 1.807) is 31.1 Å². The second-order valence-electron chi connectivity index (χ2n) is 3.94. The molecule has 0 spiro atoms. The summed E-state index contributed by atoms with van der Waals surface area (Å²) in [6.45, 7) is 3.20. The molecule has 0 fully saturated rings. The van der Waals surface area contributed by atoms with Crippen LogP contribution in [0.3, 0.4) is 0 Å². The largest absolute Gasteiger partial charge is 0.383 e. The highest BCUT2D eigenvalue weighted by atomic mass is 79.9. The predicted octanol–water partition coefficient (Wildman–Crippen LogP) is 2.62. The number of aryl methyl sites for hydroxylation is 1. The van der Waals surface area contributed by atoms with Crippen molar-refractivity contribution in [2.45, 2.75) is 6.92 Å². The fraction of sp³-hybridized carbons (Fsp3) is 0.462. The van der Waals surface area contributed by atoms with Crippen molar-refractivity contribution in [1.29, 1.82) is 0 Å². The topological polar surface area (TPSA) is 29.5 Å². The molecule has 0 bridgehead atoms. The highest BCUT2D eigenvalue weighted by Gasteiger charge is 2.15. The van der Waals surface area contributed by atoms with E-state index in [0.29, 0.717) is 36.2 Å². The third-order valence-electron chi connectivity index (χ3n) is 2.63. The molecule has 0 atom stereocenters. The normalized spacial score (nSPS) is 10.4. The van der Waals surface area contributed by atoms with Gasteiger partial charge in [-0.2, -0.15) is 0 Å². The molecule has 1 rings (SSSR count). The predicted molar refractivity (Wildman–Crippen MR) is 72.7 cm³/mol. The number of halogens is 2. The van der Waals surface area contributed by atoms with Crippen LogP contribution < -0.4 is 0 Å². The molecule has 0 saturated heterocycles. The molecule has 0 aromatic heterocycles. The number of hydrogen-bond donors (Lipinski definition) is 0. The maximum Gasteiger partial charge on any atom is 0.254 e. The highest BCUT2D eigenvalue weighted by molar-refractivity contribution is 9.09. The van der Waals surface area contributed by atoms with E-state index in [-0.39, 0.29) is 11.7 Å². The average molecular weight is 318 g/mol. The minimum Gasteiger partial charge on any atom is -0.383 e. The summed E-state index contributed by atoms with van der Waals surface area (Å²) in [6, 6.07) is 4.55. The Morgan fingerprint density at radius 2 is 2.17 bits per heavy atom. The van der Waals surface area contributed by atoms with Crippen LogP contribution in [-0.4, -0.2) is 42.9 Å². The van der Waals surface area contributed by atoms with Crippen molar-refractivity contribution < 1.29 is 13.9 Å². The van der Waals surface area contributed by atoms with Gasteiger partial charge in [-0.1, -0.05) is 22.0 Å². The lowest BCUT2D eigenvalue weighted by Gasteiger charge is -2.21. The molecule has 0 aliphatic rings. The maximum absolute atomic E-state index is 13.4. The zero-order valence-electron chi connectivity index (χ0n) is 10.6. The van der Waals surface area contributed by atoms with Gasteiger partial charge < -0.3 is 9.64 Å². The summed E-state index contributed by atoms with van der Waals surface area (Å²) in [4.78, 5) is 13.8. The number of ether oxygens (including phenoxy) is 1. The van der Waals surface area contributed by atoms with Gasteiger partial charge in [-0.25, -0.2) is 4.39 Å². The summed E-state index contributed by atoms with van der Waals surface area (Å²) in [5.41, 5.74) is 0.908. The number of amides is 1. The van der Waals surface area contributed by atoms with Crippen molar-refractivity contribution in [3.05, 3.63) is 35.1 Å². The van der Waals surface area contributed by atoms with E-state index in [1.165, 1.54) is 6.07 Å². The molecule has 0 radical (unpaired) electrons. The molecule has 100 valence electrons. The van der Waals surface area contributed by atoms with Crippen LogP contribution in [0.5, 0.6) is 0 Å². The molecular formula is C13H17BrFNO2. The summed E-state index contributed by atoms with van der Waals surface area (Å²) in [5.74, 6) is -0.531. The number of benzene rings is 1.